The van der Waals surface area contributed by atoms with Gasteiger partial charge >= 0.3 is 0 Å². The molecule has 2 heterocycles. The molecule has 0 saturated heterocycles. The highest BCUT2D eigenvalue weighted by Gasteiger charge is 2.29. The van der Waals surface area contributed by atoms with E-state index < -0.39 is 0 Å². The lowest BCUT2D eigenvalue weighted by atomic mass is 10.0. The number of aromatic nitrogens is 2. The first kappa shape index (κ1) is 12.2. The molecule has 1 aliphatic carbocycles. The maximum absolute atomic E-state index is 4.64. The second kappa shape index (κ2) is 5.41. The SMILES string of the molecule is CCNC(CCCc1cn2ccsc2n1)C1CC1. The Hall–Kier alpha value is -0.870. The van der Waals surface area contributed by atoms with Gasteiger partial charge in [-0.1, -0.05) is 6.92 Å². The number of imidazole rings is 1. The van der Waals surface area contributed by atoms with Crippen LogP contribution in [0.1, 0.15) is 38.3 Å². The van der Waals surface area contributed by atoms with E-state index in [2.05, 4.69) is 39.4 Å². The number of rotatable bonds is 7. The summed E-state index contributed by atoms with van der Waals surface area (Å²) in [6, 6.07) is 0.749. The number of nitrogens with zero attached hydrogens (tertiary/aromatic N) is 2. The number of aryl methyl sites for hydroxylation is 1. The topological polar surface area (TPSA) is 29.3 Å². The first-order valence-corrected chi connectivity index (χ1v) is 7.89. The molecule has 0 bridgehead atoms. The van der Waals surface area contributed by atoms with Gasteiger partial charge in [-0.15, -0.1) is 11.3 Å². The molecule has 0 amide bonds. The third-order valence-corrected chi connectivity index (χ3v) is 4.52. The Kier molecular flexibility index (Phi) is 3.66. The molecule has 0 radical (unpaired) electrons. The molecule has 3 rings (SSSR count). The lowest BCUT2D eigenvalue weighted by Gasteiger charge is -2.16. The van der Waals surface area contributed by atoms with E-state index in [4.69, 9.17) is 0 Å². The van der Waals surface area contributed by atoms with Crippen LogP contribution >= 0.6 is 11.3 Å². The summed E-state index contributed by atoms with van der Waals surface area (Å²) in [6.07, 6.45) is 10.8. The maximum Gasteiger partial charge on any atom is 0.193 e. The molecule has 2 aromatic heterocycles. The minimum absolute atomic E-state index is 0.749. The Bertz CT molecular complexity index is 469. The van der Waals surface area contributed by atoms with Crippen molar-refractivity contribution in [1.82, 2.24) is 14.7 Å². The van der Waals surface area contributed by atoms with E-state index in [1.165, 1.54) is 31.4 Å². The van der Waals surface area contributed by atoms with E-state index >= 15 is 0 Å². The van der Waals surface area contributed by atoms with Crippen LogP contribution in [0.15, 0.2) is 17.8 Å². The standard InChI is InChI=1S/C14H21N3S/c1-2-15-13(11-6-7-11)5-3-4-12-10-17-8-9-18-14(17)16-12/h8-11,13,15H,2-7H2,1H3. The summed E-state index contributed by atoms with van der Waals surface area (Å²) in [6.45, 7) is 3.31. The largest absolute Gasteiger partial charge is 0.314 e. The van der Waals surface area contributed by atoms with Crippen LogP contribution in [0.25, 0.3) is 4.96 Å². The van der Waals surface area contributed by atoms with Gasteiger partial charge in [-0.3, -0.25) is 4.40 Å². The number of nitrogens with one attached hydrogen (secondary N) is 1. The molecule has 0 spiro atoms. The van der Waals surface area contributed by atoms with Crippen LogP contribution in [-0.2, 0) is 6.42 Å². The van der Waals surface area contributed by atoms with Gasteiger partial charge in [0.2, 0.25) is 0 Å². The van der Waals surface area contributed by atoms with Gasteiger partial charge in [-0.25, -0.2) is 4.98 Å². The van der Waals surface area contributed by atoms with E-state index in [-0.39, 0.29) is 0 Å². The van der Waals surface area contributed by atoms with E-state index in [1.807, 2.05) is 0 Å². The minimum Gasteiger partial charge on any atom is -0.314 e. The van der Waals surface area contributed by atoms with Crippen LogP contribution in [0.3, 0.4) is 0 Å². The van der Waals surface area contributed by atoms with Crippen LogP contribution < -0.4 is 5.32 Å². The zero-order valence-electron chi connectivity index (χ0n) is 10.9. The van der Waals surface area contributed by atoms with Crippen molar-refractivity contribution in [3.05, 3.63) is 23.5 Å². The fourth-order valence-corrected chi connectivity index (χ4v) is 3.38. The number of fused-ring (bicyclic) bond motifs is 1. The van der Waals surface area contributed by atoms with E-state index in [9.17, 15) is 0 Å². The highest BCUT2D eigenvalue weighted by atomic mass is 32.1. The zero-order valence-corrected chi connectivity index (χ0v) is 11.7. The third kappa shape index (κ3) is 2.75. The van der Waals surface area contributed by atoms with Crippen LogP contribution in [0.2, 0.25) is 0 Å². The van der Waals surface area contributed by atoms with Crippen molar-refractivity contribution in [1.29, 1.82) is 0 Å². The van der Waals surface area contributed by atoms with E-state index in [0.29, 0.717) is 0 Å². The van der Waals surface area contributed by atoms with Gasteiger partial charge < -0.3 is 5.32 Å². The molecule has 1 atom stereocenters. The molecule has 3 nitrogen and oxygen atoms in total. The Morgan fingerprint density at radius 1 is 1.56 bits per heavy atom. The Labute approximate surface area is 112 Å². The van der Waals surface area contributed by atoms with Crippen molar-refractivity contribution < 1.29 is 0 Å². The molecule has 18 heavy (non-hydrogen) atoms. The molecule has 1 fully saturated rings. The van der Waals surface area contributed by atoms with Crippen LogP contribution in [0.5, 0.6) is 0 Å². The molecule has 98 valence electrons. The molecular weight excluding hydrogens is 242 g/mol. The Morgan fingerprint density at radius 2 is 2.44 bits per heavy atom. The monoisotopic (exact) mass is 263 g/mol. The lowest BCUT2D eigenvalue weighted by Crippen LogP contribution is -2.30. The zero-order chi connectivity index (χ0) is 12.4. The summed E-state index contributed by atoms with van der Waals surface area (Å²) in [4.78, 5) is 5.76. The van der Waals surface area contributed by atoms with Gasteiger partial charge in [0.25, 0.3) is 0 Å². The van der Waals surface area contributed by atoms with Crippen LogP contribution in [-0.4, -0.2) is 22.0 Å². The molecule has 4 heteroatoms. The second-order valence-corrected chi connectivity index (χ2v) is 6.09. The summed E-state index contributed by atoms with van der Waals surface area (Å²) >= 11 is 1.71. The van der Waals surface area contributed by atoms with Gasteiger partial charge in [0, 0.05) is 23.8 Å². The highest BCUT2D eigenvalue weighted by Crippen LogP contribution is 2.34. The van der Waals surface area contributed by atoms with Crippen molar-refractivity contribution in [3.63, 3.8) is 0 Å². The van der Waals surface area contributed by atoms with Gasteiger partial charge in [-0.2, -0.15) is 0 Å². The van der Waals surface area contributed by atoms with Crippen molar-refractivity contribution in [2.75, 3.05) is 6.54 Å². The predicted octanol–water partition coefficient (Wildman–Crippen LogP) is 3.11. The first-order valence-electron chi connectivity index (χ1n) is 7.01. The highest BCUT2D eigenvalue weighted by molar-refractivity contribution is 7.15. The fourth-order valence-electron chi connectivity index (χ4n) is 2.66. The van der Waals surface area contributed by atoms with Gasteiger partial charge in [0.05, 0.1) is 5.69 Å². The second-order valence-electron chi connectivity index (χ2n) is 5.22. The fraction of sp³-hybridized carbons (Fsp3) is 0.643. The predicted molar refractivity (Wildman–Crippen MR) is 76.2 cm³/mol. The summed E-state index contributed by atoms with van der Waals surface area (Å²) in [7, 11) is 0. The summed E-state index contributed by atoms with van der Waals surface area (Å²) < 4.78 is 2.13. The van der Waals surface area contributed by atoms with Crippen LogP contribution in [0.4, 0.5) is 0 Å². The van der Waals surface area contributed by atoms with Gasteiger partial charge in [-0.05, 0) is 44.6 Å². The number of hydrogen-bond acceptors (Lipinski definition) is 3. The van der Waals surface area contributed by atoms with E-state index in [1.54, 1.807) is 11.3 Å². The van der Waals surface area contributed by atoms with Gasteiger partial charge in [0.15, 0.2) is 4.96 Å². The molecule has 1 aliphatic rings. The minimum atomic E-state index is 0.749. The summed E-state index contributed by atoms with van der Waals surface area (Å²) in [5.41, 5.74) is 1.24. The molecule has 1 N–H and O–H groups in total. The molecule has 1 saturated carbocycles. The number of hydrogen-bond donors (Lipinski definition) is 1. The first-order chi connectivity index (χ1) is 8.86. The maximum atomic E-state index is 4.64. The van der Waals surface area contributed by atoms with Crippen molar-refractivity contribution in [3.8, 4) is 0 Å². The van der Waals surface area contributed by atoms with Crippen molar-refractivity contribution in [2.24, 2.45) is 5.92 Å². The third-order valence-electron chi connectivity index (χ3n) is 3.75. The lowest BCUT2D eigenvalue weighted by molar-refractivity contribution is 0.434. The molecule has 0 aromatic carbocycles. The average Bonchev–Trinajstić information content (AvgIpc) is 2.99. The number of thiazole rings is 1. The van der Waals surface area contributed by atoms with Crippen molar-refractivity contribution in [2.45, 2.75) is 45.1 Å². The Morgan fingerprint density at radius 3 is 3.17 bits per heavy atom. The summed E-state index contributed by atoms with van der Waals surface area (Å²) in [5, 5.41) is 5.71. The molecular formula is C14H21N3S. The molecule has 1 unspecified atom stereocenters. The Balaban J connectivity index is 1.49. The van der Waals surface area contributed by atoms with Gasteiger partial charge in [0.1, 0.15) is 0 Å². The quantitative estimate of drug-likeness (QED) is 0.831. The average molecular weight is 263 g/mol. The van der Waals surface area contributed by atoms with E-state index in [0.717, 1.165) is 29.9 Å². The summed E-state index contributed by atoms with van der Waals surface area (Å²) in [5.74, 6) is 0.954. The van der Waals surface area contributed by atoms with Crippen molar-refractivity contribution >= 4 is 16.3 Å². The molecule has 2 aromatic rings. The van der Waals surface area contributed by atoms with Crippen LogP contribution in [0, 0.1) is 5.92 Å². The smallest absolute Gasteiger partial charge is 0.193 e. The molecule has 0 aliphatic heterocycles. The normalized spacial score (nSPS) is 17.4.